The van der Waals surface area contributed by atoms with Gasteiger partial charge in [0.05, 0.1) is 0 Å². The molecule has 5 heteroatoms. The Bertz CT molecular complexity index is 386. The maximum absolute atomic E-state index is 12.8. The van der Waals surface area contributed by atoms with Crippen LogP contribution >= 0.6 is 0 Å². The topological polar surface area (TPSA) is 60.9 Å². The van der Waals surface area contributed by atoms with Gasteiger partial charge in [-0.15, -0.1) is 0 Å². The number of carbonyl (C=O) groups excluding carboxylic acids is 1. The highest BCUT2D eigenvalue weighted by Crippen LogP contribution is 2.28. The largest absolute Gasteiger partial charge is 0.480 e. The predicted molar refractivity (Wildman–Crippen MR) is 81.2 cm³/mol. The quantitative estimate of drug-likeness (QED) is 0.852. The van der Waals surface area contributed by atoms with Gasteiger partial charge >= 0.3 is 12.0 Å². The molecule has 2 aliphatic rings. The van der Waals surface area contributed by atoms with Gasteiger partial charge in [0.2, 0.25) is 0 Å². The second-order valence-corrected chi connectivity index (χ2v) is 6.72. The van der Waals surface area contributed by atoms with Crippen molar-refractivity contribution in [2.75, 3.05) is 13.6 Å². The first-order valence-corrected chi connectivity index (χ1v) is 8.27. The second kappa shape index (κ2) is 7.14. The third kappa shape index (κ3) is 3.89. The van der Waals surface area contributed by atoms with Gasteiger partial charge in [0.25, 0.3) is 0 Å². The molecule has 2 fully saturated rings. The number of hydrogen-bond acceptors (Lipinski definition) is 2. The Morgan fingerprint density at radius 1 is 1.10 bits per heavy atom. The van der Waals surface area contributed by atoms with Gasteiger partial charge in [0, 0.05) is 19.6 Å². The molecule has 0 bridgehead atoms. The lowest BCUT2D eigenvalue weighted by Crippen LogP contribution is -2.52. The Hall–Kier alpha value is -1.26. The molecule has 120 valence electrons. The molecule has 3 unspecified atom stereocenters. The molecule has 1 saturated heterocycles. The molecule has 1 heterocycles. The maximum atomic E-state index is 12.8. The lowest BCUT2D eigenvalue weighted by atomic mass is 9.86. The molecule has 0 aromatic heterocycles. The first kappa shape index (κ1) is 16.1. The summed E-state index contributed by atoms with van der Waals surface area (Å²) >= 11 is 0. The monoisotopic (exact) mass is 296 g/mol. The van der Waals surface area contributed by atoms with E-state index < -0.39 is 12.0 Å². The zero-order valence-corrected chi connectivity index (χ0v) is 13.3. The molecule has 1 N–H and O–H groups in total. The van der Waals surface area contributed by atoms with Crippen LogP contribution in [0, 0.1) is 5.92 Å². The Labute approximate surface area is 127 Å². The zero-order valence-electron chi connectivity index (χ0n) is 13.3. The molecule has 2 rings (SSSR count). The number of carboxylic acid groups (broad SMARTS) is 1. The van der Waals surface area contributed by atoms with Crippen molar-refractivity contribution >= 4 is 12.0 Å². The molecular formula is C16H28N2O3. The summed E-state index contributed by atoms with van der Waals surface area (Å²) in [6.45, 7) is 2.80. The van der Waals surface area contributed by atoms with Crippen LogP contribution in [0.4, 0.5) is 4.79 Å². The smallest absolute Gasteiger partial charge is 0.326 e. The van der Waals surface area contributed by atoms with Crippen LogP contribution in [0.25, 0.3) is 0 Å². The van der Waals surface area contributed by atoms with E-state index in [9.17, 15) is 14.7 Å². The van der Waals surface area contributed by atoms with Crippen molar-refractivity contribution in [3.8, 4) is 0 Å². The van der Waals surface area contributed by atoms with Crippen LogP contribution in [0.2, 0.25) is 0 Å². The average molecular weight is 296 g/mol. The Kier molecular flexibility index (Phi) is 5.48. The van der Waals surface area contributed by atoms with Gasteiger partial charge in [-0.05, 0) is 31.6 Å². The third-order valence-corrected chi connectivity index (χ3v) is 5.04. The number of likely N-dealkylation sites (tertiary alicyclic amines) is 1. The minimum absolute atomic E-state index is 0.0941. The second-order valence-electron chi connectivity index (χ2n) is 6.72. The van der Waals surface area contributed by atoms with Crippen molar-refractivity contribution in [1.29, 1.82) is 0 Å². The summed E-state index contributed by atoms with van der Waals surface area (Å²) in [5.74, 6) is -0.214. The fourth-order valence-electron chi connectivity index (χ4n) is 3.71. The van der Waals surface area contributed by atoms with Crippen LogP contribution in [0.3, 0.4) is 0 Å². The first-order chi connectivity index (χ1) is 10.0. The number of rotatable bonds is 2. The van der Waals surface area contributed by atoms with Crippen molar-refractivity contribution in [3.63, 3.8) is 0 Å². The normalized spacial score (nSPS) is 30.6. The zero-order chi connectivity index (χ0) is 15.4. The van der Waals surface area contributed by atoms with Gasteiger partial charge < -0.3 is 14.9 Å². The summed E-state index contributed by atoms with van der Waals surface area (Å²) in [4.78, 5) is 27.6. The molecule has 3 atom stereocenters. The molecule has 21 heavy (non-hydrogen) atoms. The van der Waals surface area contributed by atoms with Crippen LogP contribution in [-0.2, 0) is 4.79 Å². The molecular weight excluding hydrogens is 268 g/mol. The minimum Gasteiger partial charge on any atom is -0.480 e. The number of carboxylic acids is 1. The lowest BCUT2D eigenvalue weighted by Gasteiger charge is -2.38. The van der Waals surface area contributed by atoms with E-state index in [1.165, 1.54) is 6.42 Å². The molecule has 1 aliphatic carbocycles. The summed E-state index contributed by atoms with van der Waals surface area (Å²) in [5.41, 5.74) is 0. The number of hydrogen-bond donors (Lipinski definition) is 1. The number of carbonyl (C=O) groups is 2. The van der Waals surface area contributed by atoms with Crippen LogP contribution < -0.4 is 0 Å². The van der Waals surface area contributed by atoms with E-state index in [4.69, 9.17) is 0 Å². The molecule has 5 nitrogen and oxygen atoms in total. The Morgan fingerprint density at radius 3 is 2.52 bits per heavy atom. The number of nitrogens with zero attached hydrogens (tertiary/aromatic N) is 2. The number of urea groups is 1. The predicted octanol–water partition coefficient (Wildman–Crippen LogP) is 2.95. The van der Waals surface area contributed by atoms with Crippen molar-refractivity contribution in [1.82, 2.24) is 9.80 Å². The highest BCUT2D eigenvalue weighted by Gasteiger charge is 2.35. The summed E-state index contributed by atoms with van der Waals surface area (Å²) in [7, 11) is 1.84. The van der Waals surface area contributed by atoms with Gasteiger partial charge in [-0.25, -0.2) is 9.59 Å². The van der Waals surface area contributed by atoms with E-state index in [0.717, 1.165) is 38.5 Å². The first-order valence-electron chi connectivity index (χ1n) is 8.27. The van der Waals surface area contributed by atoms with Crippen molar-refractivity contribution in [2.24, 2.45) is 5.92 Å². The van der Waals surface area contributed by atoms with Crippen LogP contribution in [-0.4, -0.2) is 52.6 Å². The highest BCUT2D eigenvalue weighted by atomic mass is 16.4. The highest BCUT2D eigenvalue weighted by molar-refractivity contribution is 5.82. The molecule has 0 aromatic rings. The molecule has 1 saturated carbocycles. The van der Waals surface area contributed by atoms with Crippen LogP contribution in [0.5, 0.6) is 0 Å². The molecule has 0 radical (unpaired) electrons. The number of amides is 2. The average Bonchev–Trinajstić information content (AvgIpc) is 2.71. The molecule has 2 amide bonds. The lowest BCUT2D eigenvalue weighted by molar-refractivity contribution is -0.142. The summed E-state index contributed by atoms with van der Waals surface area (Å²) in [6.07, 6.45) is 7.86. The van der Waals surface area contributed by atoms with Crippen LogP contribution in [0.15, 0.2) is 0 Å². The van der Waals surface area contributed by atoms with E-state index in [1.54, 1.807) is 9.80 Å². The standard InChI is InChI=1S/C16H28N2O3/c1-12-7-6-8-13(11-12)17(2)16(21)18-10-5-3-4-9-14(18)15(19)20/h12-14H,3-11H2,1-2H3,(H,19,20). The van der Waals surface area contributed by atoms with E-state index in [0.29, 0.717) is 18.9 Å². The molecule has 1 aliphatic heterocycles. The SMILES string of the molecule is CC1CCCC(N(C)C(=O)N2CCCCCC2C(=O)O)C1. The summed E-state index contributed by atoms with van der Waals surface area (Å²) in [6, 6.07) is -0.481. The summed E-state index contributed by atoms with van der Waals surface area (Å²) in [5, 5.41) is 9.40. The van der Waals surface area contributed by atoms with Gasteiger partial charge in [0.15, 0.2) is 0 Å². The van der Waals surface area contributed by atoms with E-state index in [-0.39, 0.29) is 12.1 Å². The van der Waals surface area contributed by atoms with E-state index in [1.807, 2.05) is 7.05 Å². The maximum Gasteiger partial charge on any atom is 0.326 e. The summed E-state index contributed by atoms with van der Waals surface area (Å²) < 4.78 is 0. The third-order valence-electron chi connectivity index (χ3n) is 5.04. The van der Waals surface area contributed by atoms with E-state index in [2.05, 4.69) is 6.92 Å². The fourth-order valence-corrected chi connectivity index (χ4v) is 3.71. The van der Waals surface area contributed by atoms with Crippen molar-refractivity contribution < 1.29 is 14.7 Å². The Morgan fingerprint density at radius 2 is 1.86 bits per heavy atom. The van der Waals surface area contributed by atoms with Gasteiger partial charge in [-0.3, -0.25) is 0 Å². The van der Waals surface area contributed by atoms with Gasteiger partial charge in [0.1, 0.15) is 6.04 Å². The Balaban J connectivity index is 2.06. The fraction of sp³-hybridized carbons (Fsp3) is 0.875. The molecule has 0 spiro atoms. The minimum atomic E-state index is -0.865. The van der Waals surface area contributed by atoms with Gasteiger partial charge in [-0.2, -0.15) is 0 Å². The van der Waals surface area contributed by atoms with E-state index >= 15 is 0 Å². The van der Waals surface area contributed by atoms with Gasteiger partial charge in [-0.1, -0.05) is 32.6 Å². The van der Waals surface area contributed by atoms with Crippen molar-refractivity contribution in [3.05, 3.63) is 0 Å². The van der Waals surface area contributed by atoms with Crippen LogP contribution in [0.1, 0.15) is 58.3 Å². The van der Waals surface area contributed by atoms with Crippen molar-refractivity contribution in [2.45, 2.75) is 70.4 Å². The molecule has 0 aromatic carbocycles. The number of aliphatic carboxylic acids is 1.